The molecule has 7 nitrogen and oxygen atoms in total. The molecule has 0 N–H and O–H groups in total. The minimum Gasteiger partial charge on any atom is -0.466 e. The van der Waals surface area contributed by atoms with Crippen molar-refractivity contribution in [2.24, 2.45) is 0 Å². The molecule has 0 spiro atoms. The van der Waals surface area contributed by atoms with Crippen molar-refractivity contribution in [1.82, 2.24) is 9.78 Å². The zero-order valence-electron chi connectivity index (χ0n) is 26.6. The number of hydrogen-bond acceptors (Lipinski definition) is 6. The monoisotopic (exact) mass is 748 g/mol. The summed E-state index contributed by atoms with van der Waals surface area (Å²) in [6.07, 6.45) is -11.6. The first-order valence-electron chi connectivity index (χ1n) is 15.4. The Morgan fingerprint density at radius 2 is 1.51 bits per heavy atom. The van der Waals surface area contributed by atoms with E-state index in [0.717, 1.165) is 42.5 Å². The highest BCUT2D eigenvalue weighted by Crippen LogP contribution is 2.54. The van der Waals surface area contributed by atoms with Crippen LogP contribution < -0.4 is 0 Å². The van der Waals surface area contributed by atoms with E-state index < -0.39 is 73.7 Å². The van der Waals surface area contributed by atoms with Crippen LogP contribution in [0.15, 0.2) is 77.8 Å². The Kier molecular flexibility index (Phi) is 10.4. The largest absolute Gasteiger partial charge is 0.466 e. The van der Waals surface area contributed by atoms with Gasteiger partial charge in [0.25, 0.3) is 5.60 Å². The molecule has 0 bridgehead atoms. The molecule has 5 rings (SSSR count). The van der Waals surface area contributed by atoms with Crippen LogP contribution in [0.5, 0.6) is 0 Å². The molecule has 3 aromatic carbocycles. The predicted molar refractivity (Wildman–Crippen MR) is 162 cm³/mol. The smallest absolute Gasteiger partial charge is 0.430 e. The van der Waals surface area contributed by atoms with Crippen LogP contribution >= 0.6 is 0 Å². The number of halogens is 9. The minimum atomic E-state index is -6.22. The molecule has 0 radical (unpaired) electrons. The van der Waals surface area contributed by atoms with Crippen LogP contribution in [0.25, 0.3) is 0 Å². The number of fused-ring (bicyclic) bond motifs is 1. The molecule has 1 heterocycles. The SMILES string of the molecule is CCOC(=O)CCn1cc2c(n1)CCC(c1ccc(C(OCc3c(F)cccc3F)(C(F)(F)F)C(F)(F)F)cc1)(S(=O)(=O)c1ccc(F)cc1)C2. The van der Waals surface area contributed by atoms with Gasteiger partial charge in [0.15, 0.2) is 9.84 Å². The summed E-state index contributed by atoms with van der Waals surface area (Å²) in [5.74, 6) is -4.13. The highest BCUT2D eigenvalue weighted by molar-refractivity contribution is 7.92. The van der Waals surface area contributed by atoms with Gasteiger partial charge in [-0.05, 0) is 73.7 Å². The van der Waals surface area contributed by atoms with Crippen LogP contribution in [0.4, 0.5) is 39.5 Å². The van der Waals surface area contributed by atoms with E-state index in [9.17, 15) is 52.7 Å². The van der Waals surface area contributed by atoms with Gasteiger partial charge in [0.2, 0.25) is 0 Å². The molecule has 0 saturated heterocycles. The highest BCUT2D eigenvalue weighted by Gasteiger charge is 2.73. The van der Waals surface area contributed by atoms with Gasteiger partial charge in [0, 0.05) is 17.3 Å². The molecule has 1 atom stereocenters. The number of sulfone groups is 1. The first-order chi connectivity index (χ1) is 23.9. The Bertz CT molecular complexity index is 1960. The fourth-order valence-corrected chi connectivity index (χ4v) is 8.30. The summed E-state index contributed by atoms with van der Waals surface area (Å²) < 4.78 is 167. The number of ether oxygens (including phenoxy) is 2. The van der Waals surface area contributed by atoms with E-state index in [0.29, 0.717) is 35.5 Å². The summed E-state index contributed by atoms with van der Waals surface area (Å²) in [7, 11) is -4.56. The summed E-state index contributed by atoms with van der Waals surface area (Å²) in [5.41, 5.74) is -7.13. The van der Waals surface area contributed by atoms with E-state index in [-0.39, 0.29) is 49.3 Å². The lowest BCUT2D eigenvalue weighted by molar-refractivity contribution is -0.392. The summed E-state index contributed by atoms with van der Waals surface area (Å²) in [6.45, 7) is 0.0990. The number of hydrogen-bond donors (Lipinski definition) is 0. The van der Waals surface area contributed by atoms with Gasteiger partial charge in [-0.1, -0.05) is 30.3 Å². The number of esters is 1. The van der Waals surface area contributed by atoms with Crippen molar-refractivity contribution < 1.29 is 62.2 Å². The predicted octanol–water partition coefficient (Wildman–Crippen LogP) is 7.65. The number of aromatic nitrogens is 2. The molecule has 17 heteroatoms. The van der Waals surface area contributed by atoms with E-state index in [1.54, 1.807) is 6.92 Å². The van der Waals surface area contributed by atoms with Gasteiger partial charge in [0.1, 0.15) is 22.2 Å². The number of rotatable bonds is 11. The van der Waals surface area contributed by atoms with Crippen molar-refractivity contribution in [3.8, 4) is 0 Å². The van der Waals surface area contributed by atoms with E-state index >= 15 is 0 Å². The average molecular weight is 749 g/mol. The van der Waals surface area contributed by atoms with E-state index in [1.165, 1.54) is 10.9 Å². The van der Waals surface area contributed by atoms with Gasteiger partial charge in [0.05, 0.1) is 36.8 Å². The molecule has 0 fully saturated rings. The summed E-state index contributed by atoms with van der Waals surface area (Å²) >= 11 is 0. The van der Waals surface area contributed by atoms with Crippen molar-refractivity contribution in [2.45, 2.75) is 73.4 Å². The van der Waals surface area contributed by atoms with Gasteiger partial charge >= 0.3 is 18.3 Å². The number of nitrogens with zero attached hydrogens (tertiary/aromatic N) is 2. The van der Waals surface area contributed by atoms with Crippen molar-refractivity contribution in [3.05, 3.63) is 118 Å². The third-order valence-electron chi connectivity index (χ3n) is 8.77. The lowest BCUT2D eigenvalue weighted by atomic mass is 9.81. The molecule has 51 heavy (non-hydrogen) atoms. The number of carbonyl (C=O) groups excluding carboxylic acids is 1. The number of alkyl halides is 6. The molecule has 1 aliphatic rings. The van der Waals surface area contributed by atoms with E-state index in [1.807, 2.05) is 0 Å². The normalized spacial score (nSPS) is 16.9. The topological polar surface area (TPSA) is 87.5 Å². The molecule has 0 saturated carbocycles. The maximum atomic E-state index is 14.6. The Hall–Kier alpha value is -4.38. The third kappa shape index (κ3) is 6.97. The van der Waals surface area contributed by atoms with Crippen LogP contribution in [0.3, 0.4) is 0 Å². The Morgan fingerprint density at radius 3 is 2.08 bits per heavy atom. The van der Waals surface area contributed by atoms with Crippen LogP contribution in [-0.4, -0.2) is 43.1 Å². The lowest BCUT2D eigenvalue weighted by Crippen LogP contribution is -2.56. The highest BCUT2D eigenvalue weighted by atomic mass is 32.2. The maximum absolute atomic E-state index is 14.6. The first-order valence-corrected chi connectivity index (χ1v) is 16.9. The first kappa shape index (κ1) is 37.9. The number of aryl methyl sites for hydroxylation is 2. The average Bonchev–Trinajstić information content (AvgIpc) is 3.46. The van der Waals surface area contributed by atoms with Crippen LogP contribution in [0, 0.1) is 17.5 Å². The standard InChI is InChI=1S/C34H29F9N2O5S/c1-2-49-30(46)15-17-45-19-21-18-31(16-14-29(21)44-45,51(47,48)25-12-10-24(35)11-13-25)22-6-8-23(9-7-22)32(33(38,39)40,34(41,42)43)50-20-26-27(36)4-3-5-28(26)37/h3-13,19H,2,14-18,20H2,1H3. The fraction of sp³-hybridized carbons (Fsp3) is 0.353. The van der Waals surface area contributed by atoms with Gasteiger partial charge in [-0.3, -0.25) is 9.48 Å². The Morgan fingerprint density at radius 1 is 0.902 bits per heavy atom. The van der Waals surface area contributed by atoms with Crippen LogP contribution in [0.1, 0.15) is 47.7 Å². The molecule has 1 aromatic heterocycles. The molecule has 4 aromatic rings. The van der Waals surface area contributed by atoms with Crippen molar-refractivity contribution >= 4 is 15.8 Å². The molecule has 274 valence electrons. The van der Waals surface area contributed by atoms with E-state index in [4.69, 9.17) is 4.74 Å². The Labute approximate surface area is 285 Å². The second kappa shape index (κ2) is 14.0. The summed E-state index contributed by atoms with van der Waals surface area (Å²) in [6, 6.07) is 8.33. The molecular weight excluding hydrogens is 719 g/mol. The zero-order valence-corrected chi connectivity index (χ0v) is 27.4. The summed E-state index contributed by atoms with van der Waals surface area (Å²) in [4.78, 5) is 11.5. The second-order valence-corrected chi connectivity index (χ2v) is 14.1. The van der Waals surface area contributed by atoms with Gasteiger partial charge in [-0.15, -0.1) is 0 Å². The fourth-order valence-electron chi connectivity index (χ4n) is 6.20. The molecule has 1 aliphatic carbocycles. The lowest BCUT2D eigenvalue weighted by Gasteiger charge is -2.39. The van der Waals surface area contributed by atoms with Gasteiger partial charge in [-0.25, -0.2) is 21.6 Å². The maximum Gasteiger partial charge on any atom is 0.430 e. The molecular formula is C34H29F9N2O5S. The number of benzene rings is 3. The zero-order chi connectivity index (χ0) is 37.4. The van der Waals surface area contributed by atoms with Crippen LogP contribution in [0.2, 0.25) is 0 Å². The van der Waals surface area contributed by atoms with E-state index in [2.05, 4.69) is 9.84 Å². The quantitative estimate of drug-likeness (QED) is 0.0891. The van der Waals surface area contributed by atoms with Crippen LogP contribution in [-0.2, 0) is 60.4 Å². The minimum absolute atomic E-state index is 0.00370. The second-order valence-electron chi connectivity index (χ2n) is 11.8. The molecule has 0 amide bonds. The van der Waals surface area contributed by atoms with Crippen molar-refractivity contribution in [2.75, 3.05) is 6.61 Å². The summed E-state index contributed by atoms with van der Waals surface area (Å²) in [5, 5.41) is 4.41. The Balaban J connectivity index is 1.60. The molecule has 0 aliphatic heterocycles. The number of carbonyl (C=O) groups is 1. The molecule has 1 unspecified atom stereocenters. The third-order valence-corrected chi connectivity index (χ3v) is 11.3. The van der Waals surface area contributed by atoms with Crippen molar-refractivity contribution in [3.63, 3.8) is 0 Å². The van der Waals surface area contributed by atoms with Gasteiger partial charge < -0.3 is 9.47 Å². The van der Waals surface area contributed by atoms with Crippen molar-refractivity contribution in [1.29, 1.82) is 0 Å². The van der Waals surface area contributed by atoms with Gasteiger partial charge in [-0.2, -0.15) is 31.4 Å².